The van der Waals surface area contributed by atoms with Crippen LogP contribution in [0.25, 0.3) is 0 Å². The lowest BCUT2D eigenvalue weighted by molar-refractivity contribution is -0.167. The fourth-order valence-electron chi connectivity index (χ4n) is 7.61. The SMILES string of the molecule is CC/C=C\C/C=C\C/C=C\C/C=C\C/C=C\C/C=C\C/C=C\C/C=C\C/C=C\CCCC(=O)OCC(COC(=O)CCCCCCCCCCC)OC(=O)CCCCCCC/C=C\CCCCCCCC. The number of hydrogen-bond acceptors (Lipinski definition) is 6. The van der Waals surface area contributed by atoms with Gasteiger partial charge in [0.15, 0.2) is 6.10 Å². The van der Waals surface area contributed by atoms with E-state index in [0.717, 1.165) is 116 Å². The van der Waals surface area contributed by atoms with Crippen molar-refractivity contribution in [3.8, 4) is 0 Å². The molecule has 0 saturated heterocycles. The Morgan fingerprint density at radius 2 is 0.563 bits per heavy atom. The van der Waals surface area contributed by atoms with Crippen LogP contribution in [-0.2, 0) is 28.6 Å². The molecule has 6 heteroatoms. The van der Waals surface area contributed by atoms with Crippen molar-refractivity contribution in [1.82, 2.24) is 0 Å². The number of rotatable bonds is 51. The number of allylic oxidation sites excluding steroid dienone is 20. The first-order chi connectivity index (χ1) is 35.0. The summed E-state index contributed by atoms with van der Waals surface area (Å²) in [4.78, 5) is 38.0. The zero-order valence-electron chi connectivity index (χ0n) is 45.9. The van der Waals surface area contributed by atoms with E-state index >= 15 is 0 Å². The summed E-state index contributed by atoms with van der Waals surface area (Å²) in [6.07, 6.45) is 80.6. The van der Waals surface area contributed by atoms with Crippen molar-refractivity contribution in [2.24, 2.45) is 0 Å². The molecule has 0 rings (SSSR count). The normalized spacial score (nSPS) is 13.0. The molecule has 0 heterocycles. The van der Waals surface area contributed by atoms with Gasteiger partial charge in [0.05, 0.1) is 0 Å². The monoisotopic (exact) mass is 983 g/mol. The number of ether oxygens (including phenoxy) is 3. The van der Waals surface area contributed by atoms with Crippen molar-refractivity contribution >= 4 is 17.9 Å². The molecule has 71 heavy (non-hydrogen) atoms. The summed E-state index contributed by atoms with van der Waals surface area (Å²) in [7, 11) is 0. The summed E-state index contributed by atoms with van der Waals surface area (Å²) in [5, 5.41) is 0. The van der Waals surface area contributed by atoms with Crippen molar-refractivity contribution in [3.63, 3.8) is 0 Å². The number of esters is 3. The predicted molar refractivity (Wildman–Crippen MR) is 306 cm³/mol. The molecule has 1 unspecified atom stereocenters. The van der Waals surface area contributed by atoms with Crippen LogP contribution in [0.5, 0.6) is 0 Å². The van der Waals surface area contributed by atoms with Crippen LogP contribution < -0.4 is 0 Å². The molecule has 6 nitrogen and oxygen atoms in total. The Hall–Kier alpha value is -4.19. The van der Waals surface area contributed by atoms with Gasteiger partial charge in [0, 0.05) is 19.3 Å². The second-order valence-corrected chi connectivity index (χ2v) is 18.8. The molecule has 0 spiro atoms. The van der Waals surface area contributed by atoms with E-state index in [0.29, 0.717) is 19.3 Å². The average Bonchev–Trinajstić information content (AvgIpc) is 3.37. The molecule has 0 N–H and O–H groups in total. The highest BCUT2D eigenvalue weighted by atomic mass is 16.6. The van der Waals surface area contributed by atoms with Crippen molar-refractivity contribution in [3.05, 3.63) is 122 Å². The van der Waals surface area contributed by atoms with Crippen LogP contribution in [0.4, 0.5) is 0 Å². The Labute approximate surface area is 437 Å². The first-order valence-electron chi connectivity index (χ1n) is 29.0. The van der Waals surface area contributed by atoms with E-state index in [1.807, 2.05) is 0 Å². The lowest BCUT2D eigenvalue weighted by atomic mass is 10.1. The van der Waals surface area contributed by atoms with E-state index in [2.05, 4.69) is 142 Å². The third kappa shape index (κ3) is 56.6. The molecular weight excluding hydrogens is 877 g/mol. The number of carbonyl (C=O) groups is 3. The van der Waals surface area contributed by atoms with Gasteiger partial charge in [0.25, 0.3) is 0 Å². The lowest BCUT2D eigenvalue weighted by Gasteiger charge is -2.18. The quantitative estimate of drug-likeness (QED) is 0.0261. The van der Waals surface area contributed by atoms with Crippen molar-refractivity contribution < 1.29 is 28.6 Å². The molecule has 0 amide bonds. The van der Waals surface area contributed by atoms with Crippen molar-refractivity contribution in [1.29, 1.82) is 0 Å². The first-order valence-corrected chi connectivity index (χ1v) is 29.0. The van der Waals surface area contributed by atoms with Gasteiger partial charge < -0.3 is 14.2 Å². The van der Waals surface area contributed by atoms with Crippen LogP contribution in [0, 0.1) is 0 Å². The third-order valence-corrected chi connectivity index (χ3v) is 12.0. The van der Waals surface area contributed by atoms with Crippen molar-refractivity contribution in [2.45, 2.75) is 258 Å². The summed E-state index contributed by atoms with van der Waals surface area (Å²) in [6.45, 7) is 6.44. The summed E-state index contributed by atoms with van der Waals surface area (Å²) in [5.74, 6) is -0.976. The lowest BCUT2D eigenvalue weighted by Crippen LogP contribution is -2.30. The van der Waals surface area contributed by atoms with E-state index in [1.165, 1.54) is 89.9 Å². The molecule has 0 aromatic rings. The van der Waals surface area contributed by atoms with Gasteiger partial charge >= 0.3 is 17.9 Å². The molecule has 0 aliphatic heterocycles. The van der Waals surface area contributed by atoms with Crippen LogP contribution in [-0.4, -0.2) is 37.2 Å². The topological polar surface area (TPSA) is 78.9 Å². The van der Waals surface area contributed by atoms with E-state index in [-0.39, 0.29) is 37.5 Å². The maximum Gasteiger partial charge on any atom is 0.306 e. The highest BCUT2D eigenvalue weighted by Gasteiger charge is 2.19. The van der Waals surface area contributed by atoms with Crippen LogP contribution in [0.15, 0.2) is 122 Å². The Kier molecular flexibility index (Phi) is 54.9. The van der Waals surface area contributed by atoms with Crippen LogP contribution in [0.3, 0.4) is 0 Å². The minimum Gasteiger partial charge on any atom is -0.462 e. The van der Waals surface area contributed by atoms with Gasteiger partial charge in [-0.15, -0.1) is 0 Å². The summed E-state index contributed by atoms with van der Waals surface area (Å²) in [6, 6.07) is 0. The zero-order chi connectivity index (χ0) is 51.4. The molecule has 0 aromatic carbocycles. The summed E-state index contributed by atoms with van der Waals surface area (Å²) >= 11 is 0. The molecule has 0 saturated carbocycles. The van der Waals surface area contributed by atoms with Crippen molar-refractivity contribution in [2.75, 3.05) is 13.2 Å². The van der Waals surface area contributed by atoms with E-state index in [9.17, 15) is 14.4 Å². The van der Waals surface area contributed by atoms with Crippen LogP contribution >= 0.6 is 0 Å². The standard InChI is InChI=1S/C65H106O6/c1-4-7-10-13-16-19-21-23-25-26-27-28-29-30-31-32-33-34-35-36-37-38-40-41-43-46-49-52-55-58-64(67)70-61-62(60-69-63(66)57-54-51-48-45-18-15-12-9-6-3)71-65(68)59-56-53-50-47-44-42-39-24-22-20-17-14-11-8-5-2/h7,10,16,19,23-25,27-28,30-31,33-34,36-37,39-41,46,49,62H,4-6,8-9,11-15,17-18,20-22,26,29,32,35,38,42-45,47-48,50-61H2,1-3H3/b10-7-,19-16-,25-23-,28-27-,31-30-,34-33-,37-36-,39-24-,41-40-,49-46-. The molecule has 0 radical (unpaired) electrons. The maximum atomic E-state index is 12.8. The molecule has 402 valence electrons. The molecular formula is C65H106O6. The van der Waals surface area contributed by atoms with Gasteiger partial charge in [-0.1, -0.05) is 245 Å². The fourth-order valence-corrected chi connectivity index (χ4v) is 7.61. The molecule has 0 aliphatic carbocycles. The average molecular weight is 984 g/mol. The molecule has 1 atom stereocenters. The number of hydrogen-bond donors (Lipinski definition) is 0. The Balaban J connectivity index is 4.37. The molecule has 0 bridgehead atoms. The second-order valence-electron chi connectivity index (χ2n) is 18.8. The fraction of sp³-hybridized carbons (Fsp3) is 0.646. The van der Waals surface area contributed by atoms with Gasteiger partial charge in [-0.3, -0.25) is 14.4 Å². The van der Waals surface area contributed by atoms with Crippen LogP contribution in [0.2, 0.25) is 0 Å². The second kappa shape index (κ2) is 58.4. The molecule has 0 fully saturated rings. The Morgan fingerprint density at radius 1 is 0.296 bits per heavy atom. The van der Waals surface area contributed by atoms with Gasteiger partial charge in [0.2, 0.25) is 0 Å². The zero-order valence-corrected chi connectivity index (χ0v) is 45.9. The highest BCUT2D eigenvalue weighted by Crippen LogP contribution is 2.14. The Bertz CT molecular complexity index is 1500. The molecule has 0 aromatic heterocycles. The molecule has 0 aliphatic rings. The van der Waals surface area contributed by atoms with Gasteiger partial charge in [-0.05, 0) is 109 Å². The Morgan fingerprint density at radius 3 is 0.930 bits per heavy atom. The first kappa shape index (κ1) is 66.8. The van der Waals surface area contributed by atoms with Gasteiger partial charge in [-0.25, -0.2) is 0 Å². The van der Waals surface area contributed by atoms with Gasteiger partial charge in [-0.2, -0.15) is 0 Å². The predicted octanol–water partition coefficient (Wildman–Crippen LogP) is 19.6. The number of carbonyl (C=O) groups excluding carboxylic acids is 3. The number of unbranched alkanes of at least 4 members (excludes halogenated alkanes) is 20. The largest absolute Gasteiger partial charge is 0.462 e. The van der Waals surface area contributed by atoms with E-state index in [1.54, 1.807) is 0 Å². The van der Waals surface area contributed by atoms with E-state index < -0.39 is 6.10 Å². The highest BCUT2D eigenvalue weighted by molar-refractivity contribution is 5.71. The maximum absolute atomic E-state index is 12.8. The van der Waals surface area contributed by atoms with E-state index in [4.69, 9.17) is 14.2 Å². The summed E-state index contributed by atoms with van der Waals surface area (Å²) < 4.78 is 16.7. The van der Waals surface area contributed by atoms with Crippen LogP contribution in [0.1, 0.15) is 252 Å². The minimum absolute atomic E-state index is 0.100. The van der Waals surface area contributed by atoms with Gasteiger partial charge in [0.1, 0.15) is 13.2 Å². The smallest absolute Gasteiger partial charge is 0.306 e. The third-order valence-electron chi connectivity index (χ3n) is 12.0. The summed E-state index contributed by atoms with van der Waals surface area (Å²) in [5.41, 5.74) is 0. The minimum atomic E-state index is -0.806.